The first-order chi connectivity index (χ1) is 20.3. The number of hydrogen-bond acceptors (Lipinski definition) is 6. The normalized spacial score (nSPS) is 12.6. The van der Waals surface area contributed by atoms with Crippen LogP contribution in [0.1, 0.15) is 181 Å². The molecule has 0 unspecified atom stereocenters. The zero-order valence-corrected chi connectivity index (χ0v) is 30.3. The Kier molecular flexibility index (Phi) is 43.3. The molecule has 7 heteroatoms. The van der Waals surface area contributed by atoms with E-state index in [4.69, 9.17) is 0 Å². The molecular formula is C36H66CaO6. The molecule has 2 atom stereocenters. The second-order valence-electron chi connectivity index (χ2n) is 11.8. The second kappa shape index (κ2) is 39.6. The maximum absolute atomic E-state index is 10.2. The van der Waals surface area contributed by atoms with E-state index < -0.39 is 11.9 Å². The molecule has 2 N–H and O–H groups in total. The Morgan fingerprint density at radius 3 is 1.19 bits per heavy atom. The third-order valence-electron chi connectivity index (χ3n) is 7.43. The summed E-state index contributed by atoms with van der Waals surface area (Å²) in [5.41, 5.74) is 0. The van der Waals surface area contributed by atoms with Crippen molar-refractivity contribution in [2.45, 2.75) is 193 Å². The van der Waals surface area contributed by atoms with Crippen molar-refractivity contribution in [2.75, 3.05) is 0 Å². The molecular weight excluding hydrogens is 568 g/mol. The fraction of sp³-hybridized carbons (Fsp3) is 0.833. The largest absolute Gasteiger partial charge is 2.00 e. The molecule has 0 aliphatic heterocycles. The minimum Gasteiger partial charge on any atom is -0.550 e. The van der Waals surface area contributed by atoms with Crippen LogP contribution in [0.25, 0.3) is 0 Å². The van der Waals surface area contributed by atoms with Gasteiger partial charge in [0, 0.05) is 11.9 Å². The van der Waals surface area contributed by atoms with Gasteiger partial charge in [-0.1, -0.05) is 128 Å². The Morgan fingerprint density at radius 1 is 0.512 bits per heavy atom. The average molecular weight is 635 g/mol. The number of aliphatic hydroxyl groups is 2. The van der Waals surface area contributed by atoms with Crippen molar-refractivity contribution in [2.24, 2.45) is 0 Å². The number of allylic oxidation sites excluding steroid dienone is 2. The summed E-state index contributed by atoms with van der Waals surface area (Å²) < 4.78 is 0. The van der Waals surface area contributed by atoms with Crippen LogP contribution in [0.2, 0.25) is 0 Å². The number of carbonyl (C=O) groups excluding carboxylic acids is 2. The zero-order chi connectivity index (χ0) is 31.5. The Morgan fingerprint density at radius 2 is 0.837 bits per heavy atom. The number of carbonyl (C=O) groups is 2. The molecule has 0 aromatic rings. The van der Waals surface area contributed by atoms with Gasteiger partial charge in [-0.3, -0.25) is 0 Å². The standard InChI is InChI=1S/2C18H34O3.Ca/c2*1-2-3-4-11-14-17(19)15-12-9-7-5-6-8-10-13-16-18(20)21;/h2*9,12,17,19H,2-8,10-11,13-16H2,1H3,(H,20,21);/q;;+2/p-2/b2*12-9-;/t2*17-;/m11./s1. The third-order valence-corrected chi connectivity index (χ3v) is 7.43. The molecule has 0 aliphatic rings. The number of rotatable bonds is 30. The van der Waals surface area contributed by atoms with Crippen LogP contribution in [0.5, 0.6) is 0 Å². The predicted molar refractivity (Wildman–Crippen MR) is 177 cm³/mol. The van der Waals surface area contributed by atoms with Crippen molar-refractivity contribution in [3.05, 3.63) is 24.3 Å². The van der Waals surface area contributed by atoms with Crippen molar-refractivity contribution in [1.29, 1.82) is 0 Å². The molecule has 0 rings (SSSR count). The van der Waals surface area contributed by atoms with Crippen LogP contribution >= 0.6 is 0 Å². The summed E-state index contributed by atoms with van der Waals surface area (Å²) >= 11 is 0. The molecule has 0 fully saturated rings. The van der Waals surface area contributed by atoms with Crippen molar-refractivity contribution in [1.82, 2.24) is 0 Å². The molecule has 0 aromatic carbocycles. The monoisotopic (exact) mass is 634 g/mol. The molecule has 43 heavy (non-hydrogen) atoms. The van der Waals surface area contributed by atoms with E-state index >= 15 is 0 Å². The molecule has 0 bridgehead atoms. The van der Waals surface area contributed by atoms with Crippen LogP contribution in [0, 0.1) is 0 Å². The Bertz CT molecular complexity index is 583. The summed E-state index contributed by atoms with van der Waals surface area (Å²) in [5.74, 6) is -1.88. The van der Waals surface area contributed by atoms with Crippen molar-refractivity contribution >= 4 is 49.7 Å². The van der Waals surface area contributed by atoms with Gasteiger partial charge in [0.1, 0.15) is 0 Å². The molecule has 0 saturated heterocycles. The molecule has 0 amide bonds. The third kappa shape index (κ3) is 46.1. The quantitative estimate of drug-likeness (QED) is 0.0494. The van der Waals surface area contributed by atoms with Gasteiger partial charge in [-0.2, -0.15) is 0 Å². The van der Waals surface area contributed by atoms with E-state index in [1.165, 1.54) is 38.5 Å². The van der Waals surface area contributed by atoms with Gasteiger partial charge in [0.15, 0.2) is 0 Å². The SMILES string of the molecule is CCCCCC[C@@H](O)C/C=C\CCCCCCCC(=O)[O-].CCCCCC[C@@H](O)C/C=C\CCCCCCCC(=O)[O-].[Ca+2]. The van der Waals surface area contributed by atoms with Gasteiger partial charge in [0.2, 0.25) is 0 Å². The van der Waals surface area contributed by atoms with Gasteiger partial charge in [-0.05, 0) is 77.0 Å². The van der Waals surface area contributed by atoms with Gasteiger partial charge < -0.3 is 30.0 Å². The summed E-state index contributed by atoms with van der Waals surface area (Å²) in [6.07, 6.45) is 34.0. The van der Waals surface area contributed by atoms with Crippen LogP contribution < -0.4 is 10.2 Å². The van der Waals surface area contributed by atoms with E-state index in [0.717, 1.165) is 116 Å². The van der Waals surface area contributed by atoms with E-state index in [-0.39, 0.29) is 62.8 Å². The molecule has 0 heterocycles. The Hall–Kier alpha value is -0.400. The topological polar surface area (TPSA) is 121 Å². The van der Waals surface area contributed by atoms with Gasteiger partial charge in [0.25, 0.3) is 0 Å². The summed E-state index contributed by atoms with van der Waals surface area (Å²) in [6, 6.07) is 0. The van der Waals surface area contributed by atoms with Crippen molar-refractivity contribution in [3.63, 3.8) is 0 Å². The van der Waals surface area contributed by atoms with E-state index in [2.05, 4.69) is 38.2 Å². The number of carboxylic acids is 2. The van der Waals surface area contributed by atoms with Crippen LogP contribution in [0.3, 0.4) is 0 Å². The first-order valence-corrected chi connectivity index (χ1v) is 17.4. The van der Waals surface area contributed by atoms with Crippen LogP contribution in [-0.2, 0) is 9.59 Å². The number of hydrogen-bond donors (Lipinski definition) is 2. The second-order valence-corrected chi connectivity index (χ2v) is 11.8. The van der Waals surface area contributed by atoms with Gasteiger partial charge >= 0.3 is 37.7 Å². The molecule has 0 aliphatic carbocycles. The van der Waals surface area contributed by atoms with E-state index in [1.54, 1.807) is 0 Å². The molecule has 0 aromatic heterocycles. The number of unbranched alkanes of at least 4 members (excludes halogenated alkanes) is 16. The van der Waals surface area contributed by atoms with Crippen LogP contribution in [-0.4, -0.2) is 72.1 Å². The maximum Gasteiger partial charge on any atom is 2.00 e. The number of aliphatic hydroxyl groups excluding tert-OH is 2. The number of carboxylic acid groups (broad SMARTS) is 2. The Labute approximate surface area is 295 Å². The summed E-state index contributed by atoms with van der Waals surface area (Å²) in [4.78, 5) is 20.4. The molecule has 0 saturated carbocycles. The van der Waals surface area contributed by atoms with Gasteiger partial charge in [-0.25, -0.2) is 0 Å². The van der Waals surface area contributed by atoms with E-state index in [9.17, 15) is 30.0 Å². The Balaban J connectivity index is -0.000000727. The fourth-order valence-electron chi connectivity index (χ4n) is 4.72. The van der Waals surface area contributed by atoms with E-state index in [0.29, 0.717) is 0 Å². The summed E-state index contributed by atoms with van der Waals surface area (Å²) in [6.45, 7) is 4.39. The minimum atomic E-state index is -0.939. The summed E-state index contributed by atoms with van der Waals surface area (Å²) in [5, 5.41) is 40.0. The van der Waals surface area contributed by atoms with Gasteiger partial charge in [-0.15, -0.1) is 0 Å². The fourth-order valence-corrected chi connectivity index (χ4v) is 4.72. The van der Waals surface area contributed by atoms with Gasteiger partial charge in [0.05, 0.1) is 12.2 Å². The van der Waals surface area contributed by atoms with Crippen LogP contribution in [0.4, 0.5) is 0 Å². The first-order valence-electron chi connectivity index (χ1n) is 17.4. The van der Waals surface area contributed by atoms with Crippen molar-refractivity contribution < 1.29 is 30.0 Å². The maximum atomic E-state index is 10.2. The molecule has 6 nitrogen and oxygen atoms in total. The van der Waals surface area contributed by atoms with E-state index in [1.807, 2.05) is 0 Å². The summed E-state index contributed by atoms with van der Waals surface area (Å²) in [7, 11) is 0. The smallest absolute Gasteiger partial charge is 0.550 e. The van der Waals surface area contributed by atoms with Crippen LogP contribution in [0.15, 0.2) is 24.3 Å². The molecule has 0 radical (unpaired) electrons. The first kappa shape index (κ1) is 47.0. The van der Waals surface area contributed by atoms with Crippen molar-refractivity contribution in [3.8, 4) is 0 Å². The molecule has 248 valence electrons. The minimum absolute atomic E-state index is 0. The average Bonchev–Trinajstić information content (AvgIpc) is 2.95. The zero-order valence-electron chi connectivity index (χ0n) is 28.1. The predicted octanol–water partition coefficient (Wildman–Crippen LogP) is 7.11. The number of aliphatic carboxylic acids is 2. The molecule has 0 spiro atoms.